The third kappa shape index (κ3) is 3.93. The molecule has 0 radical (unpaired) electrons. The Morgan fingerprint density at radius 2 is 2.42 bits per heavy atom. The molecule has 7 nitrogen and oxygen atoms in total. The molecular weight excluding hydrogens is 328 g/mol. The van der Waals surface area contributed by atoms with E-state index in [-0.39, 0.29) is 6.10 Å². The summed E-state index contributed by atoms with van der Waals surface area (Å²) in [7, 11) is 0. The molecule has 1 aromatic heterocycles. The smallest absolute Gasteiger partial charge is 0.176 e. The summed E-state index contributed by atoms with van der Waals surface area (Å²) < 4.78 is 7.42. The summed E-state index contributed by atoms with van der Waals surface area (Å²) in [6.45, 7) is 6.77. The van der Waals surface area contributed by atoms with Crippen molar-refractivity contribution in [2.45, 2.75) is 32.3 Å². The highest BCUT2D eigenvalue weighted by atomic mass is 16.5. The number of fused-ring (bicyclic) bond motifs is 1. The van der Waals surface area contributed by atoms with E-state index < -0.39 is 0 Å². The van der Waals surface area contributed by atoms with Crippen molar-refractivity contribution in [3.8, 4) is 0 Å². The van der Waals surface area contributed by atoms with E-state index >= 15 is 0 Å². The molecule has 0 saturated heterocycles. The summed E-state index contributed by atoms with van der Waals surface area (Å²) >= 11 is 0. The SMILES string of the molecule is C=C(N=CN=COC(CC)C1=CC=CCC1)c1c(N)nn2c1NCC=C2. The minimum absolute atomic E-state index is 0.0506. The summed E-state index contributed by atoms with van der Waals surface area (Å²) in [5.74, 6) is 1.17. The Hall–Kier alpha value is -3.09. The van der Waals surface area contributed by atoms with Gasteiger partial charge < -0.3 is 15.8 Å². The van der Waals surface area contributed by atoms with E-state index in [1.54, 1.807) is 4.68 Å². The first kappa shape index (κ1) is 17.7. The average Bonchev–Trinajstić information content (AvgIpc) is 3.01. The van der Waals surface area contributed by atoms with Gasteiger partial charge in [-0.05, 0) is 30.9 Å². The van der Waals surface area contributed by atoms with E-state index in [0.29, 0.717) is 23.6 Å². The van der Waals surface area contributed by atoms with Crippen LogP contribution in [0.25, 0.3) is 11.9 Å². The second kappa shape index (κ2) is 8.33. The second-order valence-electron chi connectivity index (χ2n) is 6.01. The van der Waals surface area contributed by atoms with Crippen molar-refractivity contribution in [3.05, 3.63) is 42.0 Å². The number of hydrogen-bond donors (Lipinski definition) is 2. The molecule has 26 heavy (non-hydrogen) atoms. The molecule has 2 heterocycles. The van der Waals surface area contributed by atoms with E-state index in [1.807, 2.05) is 12.3 Å². The standard InChI is InChI=1S/C19H24N6O/c1-3-16(15-8-5-4-6-9-15)26-13-21-12-23-14(2)17-18(20)24-25-11-7-10-22-19(17)25/h4-5,7-8,11-13,16,22H,2-3,6,9-10H2,1H3,(H2,20,24). The second-order valence-corrected chi connectivity index (χ2v) is 6.01. The number of rotatable bonds is 7. The summed E-state index contributed by atoms with van der Waals surface area (Å²) in [6.07, 6.45) is 16.0. The first-order valence-electron chi connectivity index (χ1n) is 8.73. The van der Waals surface area contributed by atoms with Crippen molar-refractivity contribution in [1.82, 2.24) is 9.78 Å². The molecule has 3 rings (SSSR count). The zero-order chi connectivity index (χ0) is 18.4. The van der Waals surface area contributed by atoms with Crippen LogP contribution in [0.3, 0.4) is 0 Å². The zero-order valence-corrected chi connectivity index (χ0v) is 14.9. The zero-order valence-electron chi connectivity index (χ0n) is 14.9. The Morgan fingerprint density at radius 3 is 3.19 bits per heavy atom. The van der Waals surface area contributed by atoms with Crippen LogP contribution >= 0.6 is 0 Å². The molecule has 1 aliphatic heterocycles. The van der Waals surface area contributed by atoms with Crippen molar-refractivity contribution in [1.29, 1.82) is 0 Å². The lowest BCUT2D eigenvalue weighted by Crippen LogP contribution is -2.15. The van der Waals surface area contributed by atoms with E-state index in [0.717, 1.165) is 25.1 Å². The quantitative estimate of drug-likeness (QED) is 0.581. The molecule has 0 amide bonds. The topological polar surface area (TPSA) is 89.8 Å². The highest BCUT2D eigenvalue weighted by molar-refractivity contribution is 5.85. The number of anilines is 2. The van der Waals surface area contributed by atoms with E-state index in [4.69, 9.17) is 10.5 Å². The van der Waals surface area contributed by atoms with Gasteiger partial charge in [-0.15, -0.1) is 5.10 Å². The molecule has 1 aliphatic carbocycles. The molecule has 0 saturated carbocycles. The number of nitrogens with zero attached hydrogens (tertiary/aromatic N) is 4. The Kier molecular flexibility index (Phi) is 5.68. The predicted octanol–water partition coefficient (Wildman–Crippen LogP) is 3.46. The van der Waals surface area contributed by atoms with Crippen LogP contribution in [0, 0.1) is 0 Å². The minimum Gasteiger partial charge on any atom is -0.476 e. The van der Waals surface area contributed by atoms with Crippen LogP contribution in [0.2, 0.25) is 0 Å². The molecule has 0 spiro atoms. The Balaban J connectivity index is 1.60. The molecule has 0 bridgehead atoms. The first-order valence-corrected chi connectivity index (χ1v) is 8.73. The van der Waals surface area contributed by atoms with Crippen LogP contribution in [0.15, 0.2) is 46.4 Å². The fourth-order valence-electron chi connectivity index (χ4n) is 2.96. The van der Waals surface area contributed by atoms with Crippen molar-refractivity contribution in [3.63, 3.8) is 0 Å². The number of ether oxygens (including phenoxy) is 1. The maximum Gasteiger partial charge on any atom is 0.176 e. The van der Waals surface area contributed by atoms with Gasteiger partial charge in [-0.1, -0.05) is 31.7 Å². The highest BCUT2D eigenvalue weighted by Gasteiger charge is 2.18. The molecule has 0 aromatic carbocycles. The largest absolute Gasteiger partial charge is 0.476 e. The first-order chi connectivity index (χ1) is 12.7. The highest BCUT2D eigenvalue weighted by Crippen LogP contribution is 2.30. The lowest BCUT2D eigenvalue weighted by molar-refractivity contribution is 0.227. The van der Waals surface area contributed by atoms with Gasteiger partial charge in [-0.3, -0.25) is 0 Å². The minimum atomic E-state index is 0.0506. The number of allylic oxidation sites excluding steroid dienone is 3. The van der Waals surface area contributed by atoms with Gasteiger partial charge in [0.2, 0.25) is 0 Å². The molecule has 1 atom stereocenters. The number of aliphatic imine (C=N–C) groups is 2. The lowest BCUT2D eigenvalue weighted by atomic mass is 9.98. The summed E-state index contributed by atoms with van der Waals surface area (Å²) in [6, 6.07) is 0. The summed E-state index contributed by atoms with van der Waals surface area (Å²) in [4.78, 5) is 8.35. The van der Waals surface area contributed by atoms with Gasteiger partial charge in [0.15, 0.2) is 12.2 Å². The average molecular weight is 352 g/mol. The van der Waals surface area contributed by atoms with Crippen LogP contribution in [0.4, 0.5) is 11.6 Å². The third-order valence-electron chi connectivity index (χ3n) is 4.26. The monoisotopic (exact) mass is 352 g/mol. The summed E-state index contributed by atoms with van der Waals surface area (Å²) in [5.41, 5.74) is 8.45. The van der Waals surface area contributed by atoms with Crippen LogP contribution in [-0.2, 0) is 4.74 Å². The molecular formula is C19H24N6O. The molecule has 7 heteroatoms. The van der Waals surface area contributed by atoms with Crippen molar-refractivity contribution in [2.75, 3.05) is 17.6 Å². The van der Waals surface area contributed by atoms with Crippen LogP contribution in [-0.4, -0.2) is 35.2 Å². The molecule has 2 aliphatic rings. The normalized spacial score (nSPS) is 17.2. The summed E-state index contributed by atoms with van der Waals surface area (Å²) in [5, 5.41) is 7.46. The maximum absolute atomic E-state index is 5.98. The van der Waals surface area contributed by atoms with Gasteiger partial charge in [0.25, 0.3) is 0 Å². The third-order valence-corrected chi connectivity index (χ3v) is 4.26. The van der Waals surface area contributed by atoms with Gasteiger partial charge in [-0.2, -0.15) is 0 Å². The number of hydrogen-bond acceptors (Lipinski definition) is 5. The van der Waals surface area contributed by atoms with E-state index in [2.05, 4.69) is 52.1 Å². The number of nitrogens with one attached hydrogen (secondary N) is 1. The van der Waals surface area contributed by atoms with Crippen LogP contribution in [0.5, 0.6) is 0 Å². The van der Waals surface area contributed by atoms with Crippen LogP contribution < -0.4 is 11.1 Å². The van der Waals surface area contributed by atoms with Crippen molar-refractivity contribution >= 4 is 36.3 Å². The van der Waals surface area contributed by atoms with Crippen LogP contribution in [0.1, 0.15) is 31.7 Å². The predicted molar refractivity (Wildman–Crippen MR) is 108 cm³/mol. The fraction of sp³-hybridized carbons (Fsp3) is 0.316. The van der Waals surface area contributed by atoms with Gasteiger partial charge in [-0.25, -0.2) is 14.7 Å². The van der Waals surface area contributed by atoms with Gasteiger partial charge in [0.05, 0.1) is 11.3 Å². The molecule has 3 N–H and O–H groups in total. The molecule has 0 fully saturated rings. The number of nitrogen functional groups attached to an aromatic ring is 1. The van der Waals surface area contributed by atoms with E-state index in [1.165, 1.54) is 18.3 Å². The lowest BCUT2D eigenvalue weighted by Gasteiger charge is -2.18. The Bertz CT molecular complexity index is 812. The van der Waals surface area contributed by atoms with E-state index in [9.17, 15) is 0 Å². The molecule has 136 valence electrons. The Morgan fingerprint density at radius 1 is 1.54 bits per heavy atom. The maximum atomic E-state index is 5.98. The van der Waals surface area contributed by atoms with Gasteiger partial charge >= 0.3 is 0 Å². The molecule has 1 unspecified atom stereocenters. The molecule has 1 aromatic rings. The number of aromatic nitrogens is 2. The number of nitrogens with two attached hydrogens (primary N) is 1. The van der Waals surface area contributed by atoms with Crippen molar-refractivity contribution in [2.24, 2.45) is 9.98 Å². The van der Waals surface area contributed by atoms with Gasteiger partial charge in [0.1, 0.15) is 18.3 Å². The van der Waals surface area contributed by atoms with Gasteiger partial charge in [0, 0.05) is 12.7 Å². The Labute approximate surface area is 153 Å². The van der Waals surface area contributed by atoms with Crippen molar-refractivity contribution < 1.29 is 4.74 Å². The fourth-order valence-corrected chi connectivity index (χ4v) is 2.96.